The molecule has 0 saturated carbocycles. The Balaban J connectivity index is 2.49. The summed E-state index contributed by atoms with van der Waals surface area (Å²) in [5.74, 6) is 0. The number of rotatable bonds is 0. The van der Waals surface area contributed by atoms with Crippen LogP contribution in [0.2, 0.25) is 0 Å². The molecule has 0 amide bonds. The summed E-state index contributed by atoms with van der Waals surface area (Å²) in [5.41, 5.74) is -0.918. The van der Waals surface area contributed by atoms with Crippen LogP contribution in [0, 0.1) is 0 Å². The Morgan fingerprint density at radius 1 is 1.67 bits per heavy atom. The van der Waals surface area contributed by atoms with Gasteiger partial charge in [0, 0.05) is 6.54 Å². The number of β-amino-alcohol motifs (C(OH)–C–C–N with tert-alkyl or cyclic N) is 1. The molecule has 2 atom stereocenters. The minimum absolute atomic E-state index is 0.494. The largest absolute Gasteiger partial charge is 0.390 e. The molecule has 0 radical (unpaired) electrons. The van der Waals surface area contributed by atoms with Gasteiger partial charge in [0.15, 0.2) is 0 Å². The number of aliphatic hydroxyl groups excluding tert-OH is 1. The zero-order valence-corrected chi connectivity index (χ0v) is 5.59. The van der Waals surface area contributed by atoms with E-state index in [9.17, 15) is 5.11 Å². The molecule has 0 aromatic rings. The molecule has 54 valence electrons. The molecule has 3 heteroatoms. The van der Waals surface area contributed by atoms with E-state index >= 15 is 0 Å². The van der Waals surface area contributed by atoms with Gasteiger partial charge in [0.25, 0.3) is 0 Å². The van der Waals surface area contributed by atoms with E-state index in [2.05, 4.69) is 5.32 Å². The van der Waals surface area contributed by atoms with Crippen molar-refractivity contribution in [2.24, 2.45) is 0 Å². The van der Waals surface area contributed by atoms with Crippen LogP contribution in [0.15, 0.2) is 0 Å². The van der Waals surface area contributed by atoms with Crippen LogP contribution in [0.5, 0.6) is 0 Å². The first-order chi connectivity index (χ1) is 4.13. The maximum Gasteiger partial charge on any atom is 0.100 e. The second-order valence-corrected chi connectivity index (χ2v) is 2.84. The first-order valence-corrected chi connectivity index (χ1v) is 3.24. The number of piperidine rings is 1. The highest BCUT2D eigenvalue weighted by atomic mass is 16.3. The van der Waals surface area contributed by atoms with E-state index in [1.54, 1.807) is 6.92 Å². The fourth-order valence-electron chi connectivity index (χ4n) is 1.01. The zero-order valence-electron chi connectivity index (χ0n) is 5.59. The van der Waals surface area contributed by atoms with Crippen molar-refractivity contribution in [3.05, 3.63) is 0 Å². The lowest BCUT2D eigenvalue weighted by molar-refractivity contribution is -0.0763. The van der Waals surface area contributed by atoms with Crippen molar-refractivity contribution in [2.75, 3.05) is 13.1 Å². The lowest BCUT2D eigenvalue weighted by Crippen LogP contribution is -2.53. The van der Waals surface area contributed by atoms with Crippen LogP contribution in [0.4, 0.5) is 0 Å². The molecular weight excluding hydrogens is 118 g/mol. The SMILES string of the molecule is C[C@]1(O)CNCCC1O. The molecule has 1 saturated heterocycles. The topological polar surface area (TPSA) is 52.5 Å². The van der Waals surface area contributed by atoms with E-state index in [4.69, 9.17) is 5.11 Å². The van der Waals surface area contributed by atoms with Crippen LogP contribution in [0.1, 0.15) is 13.3 Å². The third-order valence-electron chi connectivity index (χ3n) is 1.80. The molecule has 1 heterocycles. The second-order valence-electron chi connectivity index (χ2n) is 2.84. The summed E-state index contributed by atoms with van der Waals surface area (Å²) in [6, 6.07) is 0. The number of nitrogens with one attached hydrogen (secondary N) is 1. The molecule has 3 N–H and O–H groups in total. The quantitative estimate of drug-likeness (QED) is 0.399. The van der Waals surface area contributed by atoms with Crippen molar-refractivity contribution in [1.82, 2.24) is 5.32 Å². The fraction of sp³-hybridized carbons (Fsp3) is 1.00. The first-order valence-electron chi connectivity index (χ1n) is 3.24. The van der Waals surface area contributed by atoms with Crippen LogP contribution in [-0.2, 0) is 0 Å². The lowest BCUT2D eigenvalue weighted by atomic mass is 9.93. The lowest BCUT2D eigenvalue weighted by Gasteiger charge is -2.33. The smallest absolute Gasteiger partial charge is 0.100 e. The van der Waals surface area contributed by atoms with E-state index in [0.29, 0.717) is 13.0 Å². The highest BCUT2D eigenvalue weighted by Crippen LogP contribution is 2.14. The maximum absolute atomic E-state index is 9.33. The van der Waals surface area contributed by atoms with Crippen LogP contribution >= 0.6 is 0 Å². The molecule has 0 aromatic heterocycles. The summed E-state index contributed by atoms with van der Waals surface area (Å²) in [5, 5.41) is 21.5. The Morgan fingerprint density at radius 2 is 2.33 bits per heavy atom. The van der Waals surface area contributed by atoms with Crippen molar-refractivity contribution in [3.63, 3.8) is 0 Å². The Bertz CT molecular complexity index is 103. The molecule has 0 spiro atoms. The van der Waals surface area contributed by atoms with Gasteiger partial charge in [-0.15, -0.1) is 0 Å². The standard InChI is InChI=1S/C6H13NO2/c1-6(9)4-7-3-2-5(6)8/h5,7-9H,2-4H2,1H3/t5?,6-/m0/s1. The predicted octanol–water partition coefficient (Wildman–Crippen LogP) is -0.908. The van der Waals surface area contributed by atoms with Gasteiger partial charge in [-0.3, -0.25) is 0 Å². The Kier molecular flexibility index (Phi) is 1.75. The minimum Gasteiger partial charge on any atom is -0.390 e. The molecule has 1 fully saturated rings. The first kappa shape index (κ1) is 6.99. The summed E-state index contributed by atoms with van der Waals surface area (Å²) >= 11 is 0. The predicted molar refractivity (Wildman–Crippen MR) is 34.1 cm³/mol. The Morgan fingerprint density at radius 3 is 2.67 bits per heavy atom. The normalized spacial score (nSPS) is 45.0. The second kappa shape index (κ2) is 2.25. The van der Waals surface area contributed by atoms with Crippen molar-refractivity contribution in [1.29, 1.82) is 0 Å². The molecule has 1 aliphatic heterocycles. The molecule has 0 bridgehead atoms. The summed E-state index contributed by atoms with van der Waals surface area (Å²) in [6.07, 6.45) is 0.0891. The minimum atomic E-state index is -0.918. The van der Waals surface area contributed by atoms with Crippen molar-refractivity contribution in [3.8, 4) is 0 Å². The van der Waals surface area contributed by atoms with Gasteiger partial charge in [0.1, 0.15) is 5.60 Å². The van der Waals surface area contributed by atoms with Gasteiger partial charge in [-0.2, -0.15) is 0 Å². The molecule has 1 unspecified atom stereocenters. The Labute approximate surface area is 54.7 Å². The van der Waals surface area contributed by atoms with Crippen LogP contribution < -0.4 is 5.32 Å². The van der Waals surface area contributed by atoms with Gasteiger partial charge in [-0.1, -0.05) is 0 Å². The van der Waals surface area contributed by atoms with Crippen LogP contribution in [0.3, 0.4) is 0 Å². The average Bonchev–Trinajstić information content (AvgIpc) is 1.77. The number of hydrogen-bond acceptors (Lipinski definition) is 3. The van der Waals surface area contributed by atoms with Gasteiger partial charge in [-0.05, 0) is 19.9 Å². The average molecular weight is 131 g/mol. The highest BCUT2D eigenvalue weighted by Gasteiger charge is 2.32. The molecule has 0 aliphatic carbocycles. The molecule has 9 heavy (non-hydrogen) atoms. The zero-order chi connectivity index (χ0) is 6.91. The monoisotopic (exact) mass is 131 g/mol. The van der Waals surface area contributed by atoms with Crippen LogP contribution in [0.25, 0.3) is 0 Å². The van der Waals surface area contributed by atoms with E-state index in [1.807, 2.05) is 0 Å². The fourth-order valence-corrected chi connectivity index (χ4v) is 1.01. The third-order valence-corrected chi connectivity index (χ3v) is 1.80. The summed E-state index contributed by atoms with van der Waals surface area (Å²) in [6.45, 7) is 2.94. The molecule has 0 aromatic carbocycles. The van der Waals surface area contributed by atoms with Crippen molar-refractivity contribution < 1.29 is 10.2 Å². The summed E-state index contributed by atoms with van der Waals surface area (Å²) < 4.78 is 0. The van der Waals surface area contributed by atoms with Crippen LogP contribution in [-0.4, -0.2) is 35.0 Å². The van der Waals surface area contributed by atoms with E-state index < -0.39 is 11.7 Å². The summed E-state index contributed by atoms with van der Waals surface area (Å²) in [4.78, 5) is 0. The van der Waals surface area contributed by atoms with Gasteiger partial charge in [-0.25, -0.2) is 0 Å². The van der Waals surface area contributed by atoms with Gasteiger partial charge < -0.3 is 15.5 Å². The van der Waals surface area contributed by atoms with Gasteiger partial charge in [0.05, 0.1) is 6.10 Å². The number of hydrogen-bond donors (Lipinski definition) is 3. The van der Waals surface area contributed by atoms with Gasteiger partial charge >= 0.3 is 0 Å². The molecule has 3 nitrogen and oxygen atoms in total. The van der Waals surface area contributed by atoms with Crippen molar-refractivity contribution >= 4 is 0 Å². The highest BCUT2D eigenvalue weighted by molar-refractivity contribution is 4.88. The van der Waals surface area contributed by atoms with Crippen molar-refractivity contribution in [2.45, 2.75) is 25.0 Å². The maximum atomic E-state index is 9.33. The Hall–Kier alpha value is -0.120. The molecular formula is C6H13NO2. The third kappa shape index (κ3) is 1.41. The van der Waals surface area contributed by atoms with Gasteiger partial charge in [0.2, 0.25) is 0 Å². The van der Waals surface area contributed by atoms with E-state index in [-0.39, 0.29) is 0 Å². The molecule has 1 aliphatic rings. The van der Waals surface area contributed by atoms with E-state index in [0.717, 1.165) is 6.54 Å². The molecule has 1 rings (SSSR count). The number of aliphatic hydroxyl groups is 2. The summed E-state index contributed by atoms with van der Waals surface area (Å²) in [7, 11) is 0. The van der Waals surface area contributed by atoms with E-state index in [1.165, 1.54) is 0 Å².